The molecule has 3 aromatic carbocycles. The molecule has 0 aliphatic carbocycles. The molecule has 0 N–H and O–H groups in total. The predicted octanol–water partition coefficient (Wildman–Crippen LogP) is 3.80. The van der Waals surface area contributed by atoms with Crippen LogP contribution >= 0.6 is 0 Å². The summed E-state index contributed by atoms with van der Waals surface area (Å²) in [6, 6.07) is 18.6. The first-order valence-electron chi connectivity index (χ1n) is 11.2. The zero-order valence-corrected chi connectivity index (χ0v) is 20.0. The molecule has 0 atom stereocenters. The Labute approximate surface area is 210 Å². The van der Waals surface area contributed by atoms with Gasteiger partial charge in [0, 0.05) is 17.2 Å². The maximum Gasteiger partial charge on any atom is 0.344 e. The standard InChI is InChI=1S/C26H22N4O7/c1-3-36-23(31)16-37-24-21(30(33)34)13-17(14-22(24)35-2)15-27-29-25(18-9-5-4-6-10-18)28-20-12-8-7-11-19(20)26(29)32/h4-15H,3,16H2,1-2H3. The Morgan fingerprint density at radius 1 is 1.14 bits per heavy atom. The third kappa shape index (κ3) is 5.45. The molecule has 0 spiro atoms. The Morgan fingerprint density at radius 3 is 2.57 bits per heavy atom. The number of aromatic nitrogens is 2. The van der Waals surface area contributed by atoms with Crippen LogP contribution in [-0.2, 0) is 9.53 Å². The van der Waals surface area contributed by atoms with E-state index in [1.54, 1.807) is 43.3 Å². The molecule has 0 amide bonds. The Bertz CT molecular complexity index is 1550. The quantitative estimate of drug-likeness (QED) is 0.146. The molecule has 11 heteroatoms. The predicted molar refractivity (Wildman–Crippen MR) is 136 cm³/mol. The third-order valence-electron chi connectivity index (χ3n) is 5.22. The van der Waals surface area contributed by atoms with Gasteiger partial charge in [0.25, 0.3) is 5.56 Å². The number of esters is 1. The zero-order valence-electron chi connectivity index (χ0n) is 20.0. The number of hydrogen-bond donors (Lipinski definition) is 0. The summed E-state index contributed by atoms with van der Waals surface area (Å²) in [6.45, 7) is 1.25. The van der Waals surface area contributed by atoms with Gasteiger partial charge in [0.05, 0.1) is 35.8 Å². The van der Waals surface area contributed by atoms with Gasteiger partial charge in [0.1, 0.15) is 0 Å². The molecular formula is C26H22N4O7. The van der Waals surface area contributed by atoms with E-state index >= 15 is 0 Å². The summed E-state index contributed by atoms with van der Waals surface area (Å²) in [5.74, 6) is -0.600. The number of para-hydroxylation sites is 1. The fourth-order valence-corrected chi connectivity index (χ4v) is 3.58. The maximum absolute atomic E-state index is 13.3. The number of ether oxygens (including phenoxy) is 3. The van der Waals surface area contributed by atoms with Gasteiger partial charge in [-0.2, -0.15) is 9.78 Å². The highest BCUT2D eigenvalue weighted by atomic mass is 16.6. The van der Waals surface area contributed by atoms with Crippen LogP contribution in [-0.4, -0.2) is 47.1 Å². The monoisotopic (exact) mass is 502 g/mol. The molecule has 0 saturated heterocycles. The minimum absolute atomic E-state index is 0.00668. The second kappa shape index (κ2) is 11.1. The molecule has 0 unspecified atom stereocenters. The number of hydrogen-bond acceptors (Lipinski definition) is 9. The normalized spacial score (nSPS) is 11.0. The van der Waals surface area contributed by atoms with Crippen LogP contribution in [0.2, 0.25) is 0 Å². The Kier molecular flexibility index (Phi) is 7.53. The number of nitro benzene ring substituents is 1. The van der Waals surface area contributed by atoms with Crippen molar-refractivity contribution < 1.29 is 23.9 Å². The highest BCUT2D eigenvalue weighted by Crippen LogP contribution is 2.38. The average Bonchev–Trinajstić information content (AvgIpc) is 2.91. The topological polar surface area (TPSA) is 135 Å². The number of carbonyl (C=O) groups is 1. The average molecular weight is 502 g/mol. The van der Waals surface area contributed by atoms with Crippen LogP contribution in [0.4, 0.5) is 5.69 Å². The molecule has 0 fully saturated rings. The minimum atomic E-state index is -0.680. The highest BCUT2D eigenvalue weighted by molar-refractivity contribution is 5.84. The highest BCUT2D eigenvalue weighted by Gasteiger charge is 2.23. The van der Waals surface area contributed by atoms with Gasteiger partial charge in [-0.1, -0.05) is 42.5 Å². The molecule has 1 heterocycles. The molecule has 1 aromatic heterocycles. The van der Waals surface area contributed by atoms with Crippen LogP contribution in [0.3, 0.4) is 0 Å². The molecule has 0 saturated carbocycles. The maximum atomic E-state index is 13.3. The largest absolute Gasteiger partial charge is 0.493 e. The Hall–Kier alpha value is -5.06. The molecule has 11 nitrogen and oxygen atoms in total. The summed E-state index contributed by atoms with van der Waals surface area (Å²) >= 11 is 0. The molecule has 0 aliphatic rings. The minimum Gasteiger partial charge on any atom is -0.493 e. The fraction of sp³-hybridized carbons (Fsp3) is 0.154. The van der Waals surface area contributed by atoms with E-state index in [-0.39, 0.29) is 23.7 Å². The number of carbonyl (C=O) groups excluding carboxylic acids is 1. The van der Waals surface area contributed by atoms with Crippen LogP contribution in [0.1, 0.15) is 12.5 Å². The fourth-order valence-electron chi connectivity index (χ4n) is 3.58. The van der Waals surface area contributed by atoms with Crippen LogP contribution in [0.15, 0.2) is 76.6 Å². The molecule has 0 radical (unpaired) electrons. The van der Waals surface area contributed by atoms with Crippen molar-refractivity contribution in [2.45, 2.75) is 6.92 Å². The van der Waals surface area contributed by atoms with E-state index in [2.05, 4.69) is 10.1 Å². The summed E-state index contributed by atoms with van der Waals surface area (Å²) in [4.78, 5) is 40.7. The molecule has 0 bridgehead atoms. The van der Waals surface area contributed by atoms with Gasteiger partial charge in [0.2, 0.25) is 5.75 Å². The van der Waals surface area contributed by atoms with Gasteiger partial charge >= 0.3 is 11.7 Å². The van der Waals surface area contributed by atoms with E-state index in [0.29, 0.717) is 22.3 Å². The van der Waals surface area contributed by atoms with Crippen molar-refractivity contribution in [3.63, 3.8) is 0 Å². The van der Waals surface area contributed by atoms with Gasteiger partial charge in [-0.15, -0.1) is 0 Å². The van der Waals surface area contributed by atoms with E-state index in [1.807, 2.05) is 18.2 Å². The summed E-state index contributed by atoms with van der Waals surface area (Å²) in [5.41, 5.74) is 0.576. The lowest BCUT2D eigenvalue weighted by molar-refractivity contribution is -0.385. The van der Waals surface area contributed by atoms with Crippen molar-refractivity contribution in [3.05, 3.63) is 92.8 Å². The number of nitro groups is 1. The molecule has 0 aliphatic heterocycles. The van der Waals surface area contributed by atoms with Crippen LogP contribution in [0.25, 0.3) is 22.3 Å². The van der Waals surface area contributed by atoms with Gasteiger partial charge in [-0.05, 0) is 25.1 Å². The van der Waals surface area contributed by atoms with Crippen LogP contribution < -0.4 is 15.0 Å². The lowest BCUT2D eigenvalue weighted by Crippen LogP contribution is -2.20. The van der Waals surface area contributed by atoms with E-state index < -0.39 is 28.7 Å². The van der Waals surface area contributed by atoms with E-state index in [0.717, 1.165) is 4.68 Å². The number of nitrogens with zero attached hydrogens (tertiary/aromatic N) is 4. The van der Waals surface area contributed by atoms with Crippen molar-refractivity contribution >= 4 is 28.8 Å². The number of benzene rings is 3. The molecule has 4 aromatic rings. The first-order valence-corrected chi connectivity index (χ1v) is 11.2. The Balaban J connectivity index is 1.80. The van der Waals surface area contributed by atoms with Crippen LogP contribution in [0, 0.1) is 10.1 Å². The summed E-state index contributed by atoms with van der Waals surface area (Å²) in [7, 11) is 1.31. The van der Waals surface area contributed by atoms with Crippen molar-refractivity contribution in [2.75, 3.05) is 20.3 Å². The van der Waals surface area contributed by atoms with Crippen molar-refractivity contribution in [1.82, 2.24) is 9.66 Å². The third-order valence-corrected chi connectivity index (χ3v) is 5.22. The number of methoxy groups -OCH3 is 1. The smallest absolute Gasteiger partial charge is 0.344 e. The van der Waals surface area contributed by atoms with Crippen molar-refractivity contribution in [3.8, 4) is 22.9 Å². The van der Waals surface area contributed by atoms with E-state index in [4.69, 9.17) is 14.2 Å². The molecule has 37 heavy (non-hydrogen) atoms. The van der Waals surface area contributed by atoms with Gasteiger partial charge < -0.3 is 14.2 Å². The van der Waals surface area contributed by atoms with E-state index in [1.165, 1.54) is 25.5 Å². The molecule has 188 valence electrons. The van der Waals surface area contributed by atoms with Gasteiger partial charge in [-0.25, -0.2) is 9.78 Å². The second-order valence-electron chi connectivity index (χ2n) is 7.60. The summed E-state index contributed by atoms with van der Waals surface area (Å²) in [6.07, 6.45) is 1.29. The number of fused-ring (bicyclic) bond motifs is 1. The first kappa shape index (κ1) is 25.0. The van der Waals surface area contributed by atoms with Crippen molar-refractivity contribution in [1.29, 1.82) is 0 Å². The first-order chi connectivity index (χ1) is 17.9. The van der Waals surface area contributed by atoms with E-state index in [9.17, 15) is 19.7 Å². The summed E-state index contributed by atoms with van der Waals surface area (Å²) < 4.78 is 16.6. The Morgan fingerprint density at radius 2 is 1.86 bits per heavy atom. The lowest BCUT2D eigenvalue weighted by atomic mass is 10.2. The lowest BCUT2D eigenvalue weighted by Gasteiger charge is -2.12. The SMILES string of the molecule is CCOC(=O)COc1c(OC)cc(C=Nn2c(-c3ccccc3)nc3ccccc3c2=O)cc1[N+](=O)[O-]. The van der Waals surface area contributed by atoms with Crippen LogP contribution in [0.5, 0.6) is 11.5 Å². The van der Waals surface area contributed by atoms with Gasteiger partial charge in [-0.3, -0.25) is 14.9 Å². The van der Waals surface area contributed by atoms with Gasteiger partial charge in [0.15, 0.2) is 18.2 Å². The zero-order chi connectivity index (χ0) is 26.4. The number of rotatable bonds is 9. The molecular weight excluding hydrogens is 480 g/mol. The van der Waals surface area contributed by atoms with Crippen molar-refractivity contribution in [2.24, 2.45) is 5.10 Å². The second-order valence-corrected chi connectivity index (χ2v) is 7.60. The summed E-state index contributed by atoms with van der Waals surface area (Å²) in [5, 5.41) is 16.5. The molecule has 4 rings (SSSR count).